The van der Waals surface area contributed by atoms with Crippen molar-refractivity contribution < 1.29 is 9.90 Å². The number of carbonyl (C=O) groups excluding carboxylic acids is 1. The van der Waals surface area contributed by atoms with E-state index in [-0.39, 0.29) is 11.7 Å². The van der Waals surface area contributed by atoms with Gasteiger partial charge < -0.3 is 14.9 Å². The van der Waals surface area contributed by atoms with Crippen LogP contribution in [0.3, 0.4) is 0 Å². The first kappa shape index (κ1) is 18.7. The van der Waals surface area contributed by atoms with Gasteiger partial charge in [-0.05, 0) is 49.9 Å². The van der Waals surface area contributed by atoms with Crippen molar-refractivity contribution in [3.63, 3.8) is 0 Å². The number of para-hydroxylation sites is 3. The molecule has 1 saturated heterocycles. The van der Waals surface area contributed by atoms with E-state index in [1.54, 1.807) is 6.07 Å². The summed E-state index contributed by atoms with van der Waals surface area (Å²) in [7, 11) is 0. The summed E-state index contributed by atoms with van der Waals surface area (Å²) in [5, 5.41) is 14.9. The summed E-state index contributed by atoms with van der Waals surface area (Å²) in [6.45, 7) is 4.73. The molecule has 0 saturated carbocycles. The molecule has 1 aliphatic carbocycles. The van der Waals surface area contributed by atoms with Crippen LogP contribution in [-0.4, -0.2) is 51.9 Å². The first-order chi connectivity index (χ1) is 14.6. The summed E-state index contributed by atoms with van der Waals surface area (Å²) in [5.74, 6) is 0.310. The Hall–Kier alpha value is -3.28. The van der Waals surface area contributed by atoms with Gasteiger partial charge in [-0.2, -0.15) is 5.10 Å². The molecule has 1 aromatic heterocycles. The van der Waals surface area contributed by atoms with Gasteiger partial charge in [0.15, 0.2) is 5.69 Å². The minimum Gasteiger partial charge on any atom is -0.506 e. The van der Waals surface area contributed by atoms with Gasteiger partial charge in [0.2, 0.25) is 0 Å². The Labute approximate surface area is 176 Å². The van der Waals surface area contributed by atoms with E-state index in [1.807, 2.05) is 39.9 Å². The Morgan fingerprint density at radius 3 is 2.37 bits per heavy atom. The molecule has 30 heavy (non-hydrogen) atoms. The van der Waals surface area contributed by atoms with E-state index >= 15 is 0 Å². The normalized spacial score (nSPS) is 16.0. The molecule has 0 unspecified atom stereocenters. The monoisotopic (exact) mass is 402 g/mol. The van der Waals surface area contributed by atoms with Crippen LogP contribution in [0.1, 0.15) is 33.7 Å². The van der Waals surface area contributed by atoms with Crippen molar-refractivity contribution in [2.45, 2.75) is 26.2 Å². The highest BCUT2D eigenvalue weighted by Crippen LogP contribution is 2.31. The number of anilines is 1. The van der Waals surface area contributed by atoms with E-state index in [2.05, 4.69) is 24.0 Å². The summed E-state index contributed by atoms with van der Waals surface area (Å²) in [6, 6.07) is 15.6. The van der Waals surface area contributed by atoms with E-state index in [9.17, 15) is 9.90 Å². The molecule has 0 radical (unpaired) electrons. The summed E-state index contributed by atoms with van der Waals surface area (Å²) in [6.07, 6.45) is 2.95. The first-order valence-corrected chi connectivity index (χ1v) is 10.6. The van der Waals surface area contributed by atoms with Crippen molar-refractivity contribution in [3.8, 4) is 11.4 Å². The van der Waals surface area contributed by atoms with Crippen LogP contribution in [0, 0.1) is 6.92 Å². The average Bonchev–Trinajstić information content (AvgIpc) is 3.37. The highest BCUT2D eigenvalue weighted by atomic mass is 16.3. The first-order valence-electron chi connectivity index (χ1n) is 10.6. The third kappa shape index (κ3) is 3.12. The van der Waals surface area contributed by atoms with E-state index in [0.717, 1.165) is 41.8 Å². The molecule has 6 nitrogen and oxygen atoms in total. The second kappa shape index (κ2) is 7.52. The van der Waals surface area contributed by atoms with Crippen molar-refractivity contribution in [1.29, 1.82) is 0 Å². The van der Waals surface area contributed by atoms with Crippen molar-refractivity contribution in [2.24, 2.45) is 0 Å². The molecule has 3 aromatic rings. The van der Waals surface area contributed by atoms with Gasteiger partial charge in [0.25, 0.3) is 5.91 Å². The van der Waals surface area contributed by atoms with Gasteiger partial charge in [-0.1, -0.05) is 30.3 Å². The predicted octanol–water partition coefficient (Wildman–Crippen LogP) is 3.34. The van der Waals surface area contributed by atoms with E-state index in [0.29, 0.717) is 31.9 Å². The van der Waals surface area contributed by atoms with Crippen LogP contribution in [0.2, 0.25) is 0 Å². The number of aryl methyl sites for hydroxylation is 1. The molecule has 0 atom stereocenters. The maximum atomic E-state index is 13.4. The Morgan fingerprint density at radius 1 is 0.933 bits per heavy atom. The zero-order valence-electron chi connectivity index (χ0n) is 17.2. The fourth-order valence-electron chi connectivity index (χ4n) is 4.64. The summed E-state index contributed by atoms with van der Waals surface area (Å²) in [5.41, 5.74) is 5.95. The van der Waals surface area contributed by atoms with Gasteiger partial charge in [-0.25, -0.2) is 4.68 Å². The molecule has 0 spiro atoms. The molecule has 2 heterocycles. The van der Waals surface area contributed by atoms with Crippen molar-refractivity contribution in [3.05, 3.63) is 71.0 Å². The lowest BCUT2D eigenvalue weighted by Crippen LogP contribution is -2.49. The molecule has 6 heteroatoms. The summed E-state index contributed by atoms with van der Waals surface area (Å²) >= 11 is 0. The molecule has 5 rings (SSSR count). The molecular formula is C24H26N4O2. The number of hydrogen-bond acceptors (Lipinski definition) is 4. The second-order valence-electron chi connectivity index (χ2n) is 8.09. The maximum absolute atomic E-state index is 13.4. The number of carbonyl (C=O) groups is 1. The molecule has 1 aliphatic heterocycles. The number of aromatic hydroxyl groups is 1. The number of phenols is 1. The summed E-state index contributed by atoms with van der Waals surface area (Å²) in [4.78, 5) is 17.4. The molecule has 1 amide bonds. The predicted molar refractivity (Wildman–Crippen MR) is 117 cm³/mol. The Kier molecular flexibility index (Phi) is 4.69. The van der Waals surface area contributed by atoms with Crippen LogP contribution in [0.5, 0.6) is 5.75 Å². The molecule has 1 N–H and O–H groups in total. The van der Waals surface area contributed by atoms with Gasteiger partial charge in [-0.3, -0.25) is 4.79 Å². The quantitative estimate of drug-likeness (QED) is 0.730. The number of benzene rings is 2. The number of amides is 1. The number of aromatic nitrogens is 2. The fraction of sp³-hybridized carbons (Fsp3) is 0.333. The van der Waals surface area contributed by atoms with Crippen LogP contribution < -0.4 is 4.90 Å². The van der Waals surface area contributed by atoms with Crippen LogP contribution in [0.25, 0.3) is 5.69 Å². The number of piperazine rings is 1. The van der Waals surface area contributed by atoms with E-state index in [4.69, 9.17) is 5.10 Å². The molecule has 2 aliphatic rings. The molecule has 1 fully saturated rings. The average molecular weight is 402 g/mol. The number of nitrogens with zero attached hydrogens (tertiary/aromatic N) is 4. The number of fused-ring (bicyclic) bond motifs is 1. The number of hydrogen-bond donors (Lipinski definition) is 1. The zero-order valence-corrected chi connectivity index (χ0v) is 17.2. The number of phenolic OH excluding ortho intramolecular Hbond substituents is 1. The van der Waals surface area contributed by atoms with E-state index in [1.165, 1.54) is 5.69 Å². The van der Waals surface area contributed by atoms with Gasteiger partial charge in [0.1, 0.15) is 5.75 Å². The van der Waals surface area contributed by atoms with Crippen molar-refractivity contribution in [1.82, 2.24) is 14.7 Å². The third-order valence-corrected chi connectivity index (χ3v) is 6.27. The standard InChI is InChI=1S/C24H26N4O2/c1-17-7-2-3-9-19(17)28-20-11-6-8-18(20)23(25-28)24(30)27-15-13-26(14-16-27)21-10-4-5-12-22(21)29/h2-5,7,9-10,12,29H,6,8,11,13-16H2,1H3. The van der Waals surface area contributed by atoms with Crippen LogP contribution >= 0.6 is 0 Å². The Bertz CT molecular complexity index is 1100. The maximum Gasteiger partial charge on any atom is 0.274 e. The highest BCUT2D eigenvalue weighted by molar-refractivity contribution is 5.94. The highest BCUT2D eigenvalue weighted by Gasteiger charge is 2.31. The largest absolute Gasteiger partial charge is 0.506 e. The minimum atomic E-state index is 0.0254. The van der Waals surface area contributed by atoms with Crippen LogP contribution in [-0.2, 0) is 12.8 Å². The van der Waals surface area contributed by atoms with Crippen LogP contribution in [0.15, 0.2) is 48.5 Å². The Balaban J connectivity index is 1.38. The van der Waals surface area contributed by atoms with E-state index < -0.39 is 0 Å². The van der Waals surface area contributed by atoms with Crippen molar-refractivity contribution in [2.75, 3.05) is 31.1 Å². The summed E-state index contributed by atoms with van der Waals surface area (Å²) < 4.78 is 1.99. The molecular weight excluding hydrogens is 376 g/mol. The second-order valence-corrected chi connectivity index (χ2v) is 8.09. The minimum absolute atomic E-state index is 0.0254. The van der Waals surface area contributed by atoms with Gasteiger partial charge in [-0.15, -0.1) is 0 Å². The topological polar surface area (TPSA) is 61.6 Å². The lowest BCUT2D eigenvalue weighted by molar-refractivity contribution is 0.0739. The van der Waals surface area contributed by atoms with Crippen LogP contribution in [0.4, 0.5) is 5.69 Å². The smallest absolute Gasteiger partial charge is 0.274 e. The molecule has 154 valence electrons. The number of rotatable bonds is 3. The molecule has 2 aromatic carbocycles. The van der Waals surface area contributed by atoms with Crippen molar-refractivity contribution >= 4 is 11.6 Å². The third-order valence-electron chi connectivity index (χ3n) is 6.27. The lowest BCUT2D eigenvalue weighted by Gasteiger charge is -2.36. The molecule has 0 bridgehead atoms. The fourth-order valence-corrected chi connectivity index (χ4v) is 4.64. The SMILES string of the molecule is Cc1ccccc1-n1nc(C(=O)N2CCN(c3ccccc3O)CC2)c2c1CCC2. The van der Waals surface area contributed by atoms with Gasteiger partial charge in [0.05, 0.1) is 11.4 Å². The lowest BCUT2D eigenvalue weighted by atomic mass is 10.1. The van der Waals surface area contributed by atoms with Gasteiger partial charge >= 0.3 is 0 Å². The van der Waals surface area contributed by atoms with Gasteiger partial charge in [0, 0.05) is 37.4 Å². The zero-order chi connectivity index (χ0) is 20.7. The Morgan fingerprint density at radius 2 is 1.63 bits per heavy atom.